The number of thiophene rings is 1. The molecule has 77 valence electrons. The second-order valence-electron chi connectivity index (χ2n) is 4.74. The van der Waals surface area contributed by atoms with Crippen molar-refractivity contribution in [3.05, 3.63) is 47.3 Å². The van der Waals surface area contributed by atoms with Crippen molar-refractivity contribution in [2.45, 2.75) is 26.2 Å². The van der Waals surface area contributed by atoms with Gasteiger partial charge in [-0.25, -0.2) is 0 Å². The summed E-state index contributed by atoms with van der Waals surface area (Å²) in [7, 11) is 0. The van der Waals surface area contributed by atoms with E-state index in [-0.39, 0.29) is 5.41 Å². The summed E-state index contributed by atoms with van der Waals surface area (Å²) in [5.41, 5.74) is 2.90. The Bertz CT molecular complexity index is 415. The Labute approximate surface area is 95.6 Å². The van der Waals surface area contributed by atoms with Gasteiger partial charge in [0.05, 0.1) is 0 Å². The summed E-state index contributed by atoms with van der Waals surface area (Å²) in [6, 6.07) is 12.9. The molecule has 2 aromatic rings. The normalized spacial score (nSPS) is 11.7. The summed E-state index contributed by atoms with van der Waals surface area (Å²) < 4.78 is 0. The molecule has 1 heterocycles. The lowest BCUT2D eigenvalue weighted by Crippen LogP contribution is -2.10. The summed E-state index contributed by atoms with van der Waals surface area (Å²) in [5.74, 6) is 0. The van der Waals surface area contributed by atoms with E-state index in [1.807, 2.05) is 6.07 Å². The van der Waals surface area contributed by atoms with Crippen LogP contribution >= 0.6 is 11.3 Å². The summed E-state index contributed by atoms with van der Waals surface area (Å²) in [4.78, 5) is 1.29. The van der Waals surface area contributed by atoms with Gasteiger partial charge in [0.1, 0.15) is 0 Å². The van der Waals surface area contributed by atoms with E-state index in [2.05, 4.69) is 56.5 Å². The molecule has 1 aromatic carbocycles. The molecule has 0 saturated carbocycles. The Morgan fingerprint density at radius 1 is 1.00 bits per heavy atom. The van der Waals surface area contributed by atoms with Gasteiger partial charge in [-0.3, -0.25) is 0 Å². The zero-order chi connectivity index (χ0) is 10.9. The fourth-order valence-corrected chi connectivity index (χ4v) is 2.18. The minimum Gasteiger partial charge on any atom is -0.134 e. The third-order valence-corrected chi connectivity index (χ3v) is 3.35. The minimum absolute atomic E-state index is 0.236. The first kappa shape index (κ1) is 10.4. The molecule has 0 amide bonds. The van der Waals surface area contributed by atoms with Crippen LogP contribution in [0, 0.1) is 5.38 Å². The van der Waals surface area contributed by atoms with Crippen LogP contribution in [-0.4, -0.2) is 0 Å². The smallest absolute Gasteiger partial charge is 0.0449 e. The van der Waals surface area contributed by atoms with E-state index < -0.39 is 0 Å². The van der Waals surface area contributed by atoms with E-state index in [0.29, 0.717) is 0 Å². The zero-order valence-electron chi connectivity index (χ0n) is 9.37. The summed E-state index contributed by atoms with van der Waals surface area (Å²) in [6.07, 6.45) is 0. The van der Waals surface area contributed by atoms with Crippen LogP contribution < -0.4 is 0 Å². The van der Waals surface area contributed by atoms with Crippen molar-refractivity contribution in [1.82, 2.24) is 0 Å². The van der Waals surface area contributed by atoms with E-state index in [0.717, 1.165) is 0 Å². The molecular formula is C14H15S. The van der Waals surface area contributed by atoms with E-state index in [4.69, 9.17) is 0 Å². The van der Waals surface area contributed by atoms with Gasteiger partial charge in [-0.1, -0.05) is 45.0 Å². The quantitative estimate of drug-likeness (QED) is 0.656. The van der Waals surface area contributed by atoms with Crippen LogP contribution in [0.25, 0.3) is 10.4 Å². The van der Waals surface area contributed by atoms with Gasteiger partial charge in [0, 0.05) is 10.3 Å². The maximum atomic E-state index is 3.11. The highest BCUT2D eigenvalue weighted by molar-refractivity contribution is 7.13. The van der Waals surface area contributed by atoms with Gasteiger partial charge >= 0.3 is 0 Å². The van der Waals surface area contributed by atoms with Gasteiger partial charge < -0.3 is 0 Å². The van der Waals surface area contributed by atoms with Gasteiger partial charge in [0.2, 0.25) is 0 Å². The molecule has 0 aliphatic rings. The van der Waals surface area contributed by atoms with E-state index in [1.165, 1.54) is 16.0 Å². The zero-order valence-corrected chi connectivity index (χ0v) is 10.2. The molecule has 2 rings (SSSR count). The fourth-order valence-electron chi connectivity index (χ4n) is 1.53. The predicted octanol–water partition coefficient (Wildman–Crippen LogP) is 4.51. The van der Waals surface area contributed by atoms with Gasteiger partial charge in [-0.05, 0) is 28.7 Å². The van der Waals surface area contributed by atoms with E-state index >= 15 is 0 Å². The molecule has 0 fully saturated rings. The van der Waals surface area contributed by atoms with Crippen molar-refractivity contribution in [3.63, 3.8) is 0 Å². The molecule has 0 aliphatic carbocycles. The Kier molecular flexibility index (Phi) is 2.66. The molecule has 0 N–H and O–H groups in total. The first-order valence-electron chi connectivity index (χ1n) is 5.14. The van der Waals surface area contributed by atoms with E-state index in [9.17, 15) is 0 Å². The highest BCUT2D eigenvalue weighted by atomic mass is 32.1. The molecule has 0 aliphatic heterocycles. The topological polar surface area (TPSA) is 0 Å². The van der Waals surface area contributed by atoms with Crippen molar-refractivity contribution >= 4 is 11.3 Å². The average molecular weight is 215 g/mol. The molecule has 1 aromatic heterocycles. The SMILES string of the molecule is CC(C)(C)c1ccc(-c2cc[c]s2)cc1. The highest BCUT2D eigenvalue weighted by Gasteiger charge is 2.12. The average Bonchev–Trinajstić information content (AvgIpc) is 2.69. The molecular weight excluding hydrogens is 200 g/mol. The van der Waals surface area contributed by atoms with Crippen molar-refractivity contribution in [3.8, 4) is 10.4 Å². The monoisotopic (exact) mass is 215 g/mol. The van der Waals surface area contributed by atoms with Crippen LogP contribution in [0.3, 0.4) is 0 Å². The summed E-state index contributed by atoms with van der Waals surface area (Å²) >= 11 is 1.66. The Hall–Kier alpha value is -1.08. The molecule has 0 bridgehead atoms. The molecule has 0 nitrogen and oxygen atoms in total. The molecule has 0 saturated heterocycles. The second-order valence-corrected chi connectivity index (χ2v) is 5.62. The lowest BCUT2D eigenvalue weighted by molar-refractivity contribution is 0.590. The largest absolute Gasteiger partial charge is 0.134 e. The van der Waals surface area contributed by atoms with Crippen LogP contribution in [0.1, 0.15) is 26.3 Å². The molecule has 0 unspecified atom stereocenters. The van der Waals surface area contributed by atoms with Crippen LogP contribution in [0.15, 0.2) is 36.4 Å². The lowest BCUT2D eigenvalue weighted by Gasteiger charge is -2.18. The van der Waals surface area contributed by atoms with Crippen LogP contribution in [0.2, 0.25) is 0 Å². The van der Waals surface area contributed by atoms with Gasteiger partial charge in [0.15, 0.2) is 0 Å². The van der Waals surface area contributed by atoms with Gasteiger partial charge in [-0.2, -0.15) is 0 Å². The minimum atomic E-state index is 0.236. The molecule has 0 atom stereocenters. The fraction of sp³-hybridized carbons (Fsp3) is 0.286. The molecule has 15 heavy (non-hydrogen) atoms. The van der Waals surface area contributed by atoms with Crippen molar-refractivity contribution in [1.29, 1.82) is 0 Å². The standard InChI is InChI=1S/C14H15S/c1-14(2,3)12-8-6-11(7-9-12)13-5-4-10-15-13/h4-9H,1-3H3. The number of hydrogen-bond donors (Lipinski definition) is 0. The second kappa shape index (κ2) is 3.82. The van der Waals surface area contributed by atoms with Crippen LogP contribution in [0.4, 0.5) is 0 Å². The van der Waals surface area contributed by atoms with Crippen molar-refractivity contribution in [2.24, 2.45) is 0 Å². The van der Waals surface area contributed by atoms with Gasteiger partial charge in [0.25, 0.3) is 0 Å². The van der Waals surface area contributed by atoms with E-state index in [1.54, 1.807) is 11.3 Å². The van der Waals surface area contributed by atoms with Crippen molar-refractivity contribution < 1.29 is 0 Å². The number of benzene rings is 1. The first-order chi connectivity index (χ1) is 7.07. The third kappa shape index (κ3) is 2.29. The van der Waals surface area contributed by atoms with Crippen LogP contribution in [-0.2, 0) is 5.41 Å². The molecule has 1 radical (unpaired) electrons. The molecule has 1 heteroatoms. The Balaban J connectivity index is 2.33. The Morgan fingerprint density at radius 2 is 1.67 bits per heavy atom. The lowest BCUT2D eigenvalue weighted by atomic mass is 9.86. The number of rotatable bonds is 1. The summed E-state index contributed by atoms with van der Waals surface area (Å²) in [6.45, 7) is 6.71. The predicted molar refractivity (Wildman–Crippen MR) is 67.3 cm³/mol. The van der Waals surface area contributed by atoms with Gasteiger partial charge in [-0.15, -0.1) is 11.3 Å². The summed E-state index contributed by atoms with van der Waals surface area (Å²) in [5, 5.41) is 3.11. The van der Waals surface area contributed by atoms with Crippen LogP contribution in [0.5, 0.6) is 0 Å². The Morgan fingerprint density at radius 3 is 2.13 bits per heavy atom. The number of hydrogen-bond acceptors (Lipinski definition) is 1. The first-order valence-corrected chi connectivity index (χ1v) is 5.96. The molecule has 0 spiro atoms. The highest BCUT2D eigenvalue weighted by Crippen LogP contribution is 2.28. The maximum absolute atomic E-state index is 3.11. The third-order valence-electron chi connectivity index (χ3n) is 2.51. The van der Waals surface area contributed by atoms with Crippen molar-refractivity contribution in [2.75, 3.05) is 0 Å². The maximum Gasteiger partial charge on any atom is 0.0449 e.